The molecular formula is C25H46N4O4. The van der Waals surface area contributed by atoms with Gasteiger partial charge in [-0.3, -0.25) is 19.2 Å². The van der Waals surface area contributed by atoms with Crippen LogP contribution in [0.5, 0.6) is 0 Å². The second kappa shape index (κ2) is 12.4. The third-order valence-electron chi connectivity index (χ3n) is 6.63. The van der Waals surface area contributed by atoms with E-state index in [4.69, 9.17) is 0 Å². The van der Waals surface area contributed by atoms with Crippen molar-refractivity contribution in [1.82, 2.24) is 20.4 Å². The number of rotatable bonds is 7. The molecule has 0 saturated carbocycles. The quantitative estimate of drug-likeness (QED) is 0.602. The number of carbonyl (C=O) groups excluding carboxylic acids is 4. The van der Waals surface area contributed by atoms with Crippen molar-refractivity contribution in [2.75, 3.05) is 14.1 Å². The lowest BCUT2D eigenvalue weighted by molar-refractivity contribution is -0.149. The van der Waals surface area contributed by atoms with E-state index in [1.807, 2.05) is 55.4 Å². The maximum atomic E-state index is 13.6. The molecule has 1 heterocycles. The van der Waals surface area contributed by atoms with Gasteiger partial charge in [0.25, 0.3) is 0 Å². The Hall–Kier alpha value is -2.12. The van der Waals surface area contributed by atoms with E-state index in [0.717, 1.165) is 0 Å². The van der Waals surface area contributed by atoms with Gasteiger partial charge in [0.1, 0.15) is 24.2 Å². The summed E-state index contributed by atoms with van der Waals surface area (Å²) < 4.78 is 0. The Bertz CT molecular complexity index is 699. The van der Waals surface area contributed by atoms with Crippen molar-refractivity contribution < 1.29 is 19.2 Å². The SMILES string of the molecule is CCC(C)C1NC(=O)C(CC(C)C)N(C)C(=O)C(C(C)C)NC(=O)C(CC(C)C)N(C)C1=O. The Morgan fingerprint density at radius 1 is 0.697 bits per heavy atom. The van der Waals surface area contributed by atoms with Crippen LogP contribution in [0.2, 0.25) is 0 Å². The molecule has 0 aromatic rings. The lowest BCUT2D eigenvalue weighted by Gasteiger charge is -2.39. The van der Waals surface area contributed by atoms with E-state index in [2.05, 4.69) is 10.6 Å². The fourth-order valence-electron chi connectivity index (χ4n) is 4.22. The summed E-state index contributed by atoms with van der Waals surface area (Å²) in [5.41, 5.74) is 0. The number of hydrogen-bond acceptors (Lipinski definition) is 4. The fourth-order valence-corrected chi connectivity index (χ4v) is 4.22. The zero-order chi connectivity index (χ0) is 25.6. The zero-order valence-corrected chi connectivity index (χ0v) is 22.3. The van der Waals surface area contributed by atoms with Crippen LogP contribution < -0.4 is 10.6 Å². The summed E-state index contributed by atoms with van der Waals surface area (Å²) in [5, 5.41) is 5.86. The number of amides is 4. The van der Waals surface area contributed by atoms with Crippen LogP contribution in [0.25, 0.3) is 0 Å². The van der Waals surface area contributed by atoms with E-state index in [1.54, 1.807) is 14.1 Å². The first-order valence-corrected chi connectivity index (χ1v) is 12.4. The Morgan fingerprint density at radius 3 is 1.39 bits per heavy atom. The molecule has 8 heteroatoms. The van der Waals surface area contributed by atoms with Crippen LogP contribution in [0.1, 0.15) is 74.7 Å². The highest BCUT2D eigenvalue weighted by Gasteiger charge is 2.41. The second-order valence-electron chi connectivity index (χ2n) is 10.8. The molecule has 1 aliphatic rings. The predicted octanol–water partition coefficient (Wildman–Crippen LogP) is 2.42. The van der Waals surface area contributed by atoms with E-state index in [0.29, 0.717) is 19.3 Å². The summed E-state index contributed by atoms with van der Waals surface area (Å²) in [6, 6.07) is -3.02. The van der Waals surface area contributed by atoms with Crippen molar-refractivity contribution in [3.8, 4) is 0 Å². The molecule has 2 N–H and O–H groups in total. The molecule has 5 unspecified atom stereocenters. The van der Waals surface area contributed by atoms with E-state index in [-0.39, 0.29) is 47.3 Å². The van der Waals surface area contributed by atoms with Crippen LogP contribution in [-0.2, 0) is 19.2 Å². The minimum Gasteiger partial charge on any atom is -0.342 e. The zero-order valence-electron chi connectivity index (χ0n) is 22.3. The Kier molecular flexibility index (Phi) is 10.8. The van der Waals surface area contributed by atoms with Crippen molar-refractivity contribution in [2.24, 2.45) is 23.7 Å². The van der Waals surface area contributed by atoms with Gasteiger partial charge in [-0.25, -0.2) is 0 Å². The van der Waals surface area contributed by atoms with Gasteiger partial charge >= 0.3 is 0 Å². The van der Waals surface area contributed by atoms with Crippen LogP contribution in [0.15, 0.2) is 0 Å². The van der Waals surface area contributed by atoms with Crippen molar-refractivity contribution in [3.05, 3.63) is 0 Å². The highest BCUT2D eigenvalue weighted by atomic mass is 16.2. The lowest BCUT2D eigenvalue weighted by Crippen LogP contribution is -2.63. The minimum atomic E-state index is -0.784. The number of likely N-dealkylation sites (N-methyl/N-ethyl adjacent to an activating group) is 2. The molecule has 5 atom stereocenters. The smallest absolute Gasteiger partial charge is 0.245 e. The van der Waals surface area contributed by atoms with Gasteiger partial charge in [-0.2, -0.15) is 0 Å². The maximum absolute atomic E-state index is 13.6. The molecular weight excluding hydrogens is 420 g/mol. The maximum Gasteiger partial charge on any atom is 0.245 e. The van der Waals surface area contributed by atoms with Gasteiger partial charge in [0.05, 0.1) is 0 Å². The van der Waals surface area contributed by atoms with E-state index < -0.39 is 24.2 Å². The number of carbonyl (C=O) groups is 4. The predicted molar refractivity (Wildman–Crippen MR) is 130 cm³/mol. The van der Waals surface area contributed by atoms with Crippen LogP contribution in [0.3, 0.4) is 0 Å². The Morgan fingerprint density at radius 2 is 1.06 bits per heavy atom. The Labute approximate surface area is 200 Å². The number of nitrogens with zero attached hydrogens (tertiary/aromatic N) is 2. The summed E-state index contributed by atoms with van der Waals surface area (Å²) >= 11 is 0. The Balaban J connectivity index is 3.60. The van der Waals surface area contributed by atoms with Gasteiger partial charge < -0.3 is 20.4 Å². The van der Waals surface area contributed by atoms with Gasteiger partial charge in [-0.1, -0.05) is 61.8 Å². The first-order chi connectivity index (χ1) is 15.2. The fraction of sp³-hybridized carbons (Fsp3) is 0.840. The summed E-state index contributed by atoms with van der Waals surface area (Å²) in [5.74, 6) is -1.23. The normalized spacial score (nSPS) is 26.9. The molecule has 33 heavy (non-hydrogen) atoms. The van der Waals surface area contributed by atoms with Crippen molar-refractivity contribution in [2.45, 2.75) is 98.8 Å². The van der Waals surface area contributed by atoms with Crippen LogP contribution in [0, 0.1) is 23.7 Å². The molecule has 0 aliphatic carbocycles. The van der Waals surface area contributed by atoms with Crippen LogP contribution in [-0.4, -0.2) is 71.7 Å². The topological polar surface area (TPSA) is 98.8 Å². The van der Waals surface area contributed by atoms with Crippen molar-refractivity contribution >= 4 is 23.6 Å². The first-order valence-electron chi connectivity index (χ1n) is 12.4. The van der Waals surface area contributed by atoms with Crippen LogP contribution in [0.4, 0.5) is 0 Å². The van der Waals surface area contributed by atoms with Crippen LogP contribution >= 0.6 is 0 Å². The van der Waals surface area contributed by atoms with E-state index >= 15 is 0 Å². The molecule has 1 aliphatic heterocycles. The molecule has 1 rings (SSSR count). The second-order valence-corrected chi connectivity index (χ2v) is 10.8. The molecule has 190 valence electrons. The molecule has 0 aromatic heterocycles. The van der Waals surface area contributed by atoms with Gasteiger partial charge in [0, 0.05) is 14.1 Å². The van der Waals surface area contributed by atoms with Gasteiger partial charge in [0.15, 0.2) is 0 Å². The summed E-state index contributed by atoms with van der Waals surface area (Å²) in [7, 11) is 3.23. The van der Waals surface area contributed by atoms with E-state index in [9.17, 15) is 19.2 Å². The first kappa shape index (κ1) is 28.9. The number of hydrogen-bond donors (Lipinski definition) is 2. The number of nitrogens with one attached hydrogen (secondary N) is 2. The molecule has 0 radical (unpaired) electrons. The summed E-state index contributed by atoms with van der Waals surface area (Å²) in [4.78, 5) is 56.8. The lowest BCUT2D eigenvalue weighted by atomic mass is 9.93. The summed E-state index contributed by atoms with van der Waals surface area (Å²) in [6.07, 6.45) is 1.60. The molecule has 8 nitrogen and oxygen atoms in total. The summed E-state index contributed by atoms with van der Waals surface area (Å²) in [6.45, 7) is 15.6. The molecule has 0 bridgehead atoms. The average molecular weight is 467 g/mol. The standard InChI is InChI=1S/C25H46N4O4/c1-11-17(8)21-25(33)29(10)18(12-14(2)3)22(30)26-20(16(6)7)24(32)28(9)19(13-15(4)5)23(31)27-21/h14-21H,11-13H2,1-10H3,(H,26,30)(H,27,31). The highest BCUT2D eigenvalue weighted by Crippen LogP contribution is 2.20. The minimum absolute atomic E-state index is 0.126. The van der Waals surface area contributed by atoms with Crippen molar-refractivity contribution in [3.63, 3.8) is 0 Å². The third kappa shape index (κ3) is 7.44. The molecule has 1 fully saturated rings. The molecule has 1 saturated heterocycles. The van der Waals surface area contributed by atoms with E-state index in [1.165, 1.54) is 9.80 Å². The van der Waals surface area contributed by atoms with Gasteiger partial charge in [-0.15, -0.1) is 0 Å². The monoisotopic (exact) mass is 466 g/mol. The highest BCUT2D eigenvalue weighted by molar-refractivity contribution is 5.97. The average Bonchev–Trinajstić information content (AvgIpc) is 2.73. The molecule has 0 aromatic carbocycles. The third-order valence-corrected chi connectivity index (χ3v) is 6.63. The van der Waals surface area contributed by atoms with Crippen molar-refractivity contribution in [1.29, 1.82) is 0 Å². The van der Waals surface area contributed by atoms with Gasteiger partial charge in [0.2, 0.25) is 23.6 Å². The molecule has 0 spiro atoms. The van der Waals surface area contributed by atoms with Gasteiger partial charge in [-0.05, 0) is 36.5 Å². The molecule has 4 amide bonds. The largest absolute Gasteiger partial charge is 0.342 e.